The van der Waals surface area contributed by atoms with Crippen molar-refractivity contribution in [3.8, 4) is 0 Å². The van der Waals surface area contributed by atoms with Crippen LogP contribution in [0.5, 0.6) is 0 Å². The minimum Gasteiger partial charge on any atom is -0.391 e. The van der Waals surface area contributed by atoms with Crippen molar-refractivity contribution in [2.24, 2.45) is 0 Å². The molecule has 21 heavy (non-hydrogen) atoms. The Kier molecular flexibility index (Phi) is 4.59. The predicted octanol–water partition coefficient (Wildman–Crippen LogP) is 2.53. The van der Waals surface area contributed by atoms with Crippen LogP contribution in [-0.2, 0) is 24.1 Å². The van der Waals surface area contributed by atoms with E-state index in [1.54, 1.807) is 0 Å². The average molecular weight is 287 g/mol. The van der Waals surface area contributed by atoms with Crippen molar-refractivity contribution in [2.45, 2.75) is 69.9 Å². The van der Waals surface area contributed by atoms with Crippen LogP contribution < -0.4 is 5.32 Å². The van der Waals surface area contributed by atoms with E-state index in [2.05, 4.69) is 23.5 Å². The van der Waals surface area contributed by atoms with Gasteiger partial charge in [-0.15, -0.1) is 0 Å². The fraction of sp³-hybridized carbons (Fsp3) is 0.611. The number of amides is 1. The van der Waals surface area contributed by atoms with Crippen molar-refractivity contribution in [3.05, 3.63) is 34.9 Å². The van der Waals surface area contributed by atoms with Crippen molar-refractivity contribution < 1.29 is 9.90 Å². The van der Waals surface area contributed by atoms with Crippen LogP contribution in [0.1, 0.15) is 55.2 Å². The second-order valence-electron chi connectivity index (χ2n) is 6.51. The number of hydrogen-bond donors (Lipinski definition) is 2. The van der Waals surface area contributed by atoms with Crippen LogP contribution in [-0.4, -0.2) is 23.2 Å². The molecule has 1 saturated carbocycles. The molecule has 1 aromatic rings. The molecule has 2 aliphatic rings. The zero-order chi connectivity index (χ0) is 14.7. The zero-order valence-corrected chi connectivity index (χ0v) is 12.6. The number of carbonyl (C=O) groups excluding carboxylic acids is 1. The molecule has 0 aliphatic heterocycles. The zero-order valence-electron chi connectivity index (χ0n) is 12.6. The summed E-state index contributed by atoms with van der Waals surface area (Å²) in [5, 5.41) is 12.9. The number of benzene rings is 1. The van der Waals surface area contributed by atoms with Gasteiger partial charge >= 0.3 is 0 Å². The average Bonchev–Trinajstić information content (AvgIpc) is 2.49. The molecule has 0 heterocycles. The molecule has 3 nitrogen and oxygen atoms in total. The van der Waals surface area contributed by atoms with Gasteiger partial charge < -0.3 is 10.4 Å². The molecule has 1 fully saturated rings. The summed E-state index contributed by atoms with van der Waals surface area (Å²) in [4.78, 5) is 12.2. The molecular weight excluding hydrogens is 262 g/mol. The van der Waals surface area contributed by atoms with Gasteiger partial charge in [0.15, 0.2) is 0 Å². The van der Waals surface area contributed by atoms with Crippen LogP contribution in [0.15, 0.2) is 18.2 Å². The first-order valence-corrected chi connectivity index (χ1v) is 8.30. The molecule has 0 spiro atoms. The maximum absolute atomic E-state index is 12.2. The molecule has 0 saturated heterocycles. The van der Waals surface area contributed by atoms with Crippen molar-refractivity contribution in [3.63, 3.8) is 0 Å². The first-order valence-electron chi connectivity index (χ1n) is 8.30. The molecule has 0 bridgehead atoms. The van der Waals surface area contributed by atoms with E-state index in [0.29, 0.717) is 6.42 Å². The Morgan fingerprint density at radius 2 is 1.86 bits per heavy atom. The number of aliphatic hydroxyl groups is 1. The number of aryl methyl sites for hydroxylation is 2. The Morgan fingerprint density at radius 1 is 1.10 bits per heavy atom. The standard InChI is InChI=1S/C18H25NO2/c20-17-8-4-3-7-16(17)19-18(21)12-13-9-10-14-5-1-2-6-15(14)11-13/h9-11,16-17,20H,1-8,12H2,(H,19,21)/t16-,17-/m1/s1. The van der Waals surface area contributed by atoms with Gasteiger partial charge in [0.1, 0.15) is 0 Å². The minimum atomic E-state index is -0.369. The van der Waals surface area contributed by atoms with Gasteiger partial charge in [-0.3, -0.25) is 4.79 Å². The van der Waals surface area contributed by atoms with Crippen LogP contribution in [0, 0.1) is 0 Å². The summed E-state index contributed by atoms with van der Waals surface area (Å²) in [6, 6.07) is 6.42. The fourth-order valence-electron chi connectivity index (χ4n) is 3.62. The van der Waals surface area contributed by atoms with Gasteiger partial charge in [-0.05, 0) is 55.2 Å². The van der Waals surface area contributed by atoms with Crippen LogP contribution in [0.25, 0.3) is 0 Å². The second kappa shape index (κ2) is 6.61. The fourth-order valence-corrected chi connectivity index (χ4v) is 3.62. The Labute approximate surface area is 126 Å². The van der Waals surface area contributed by atoms with Crippen LogP contribution in [0.3, 0.4) is 0 Å². The summed E-state index contributed by atoms with van der Waals surface area (Å²) in [6.07, 6.45) is 8.80. The lowest BCUT2D eigenvalue weighted by Gasteiger charge is -2.28. The quantitative estimate of drug-likeness (QED) is 0.897. The molecule has 0 unspecified atom stereocenters. The molecule has 0 radical (unpaired) electrons. The smallest absolute Gasteiger partial charge is 0.224 e. The van der Waals surface area contributed by atoms with Gasteiger partial charge in [0, 0.05) is 0 Å². The molecule has 0 aromatic heterocycles. The van der Waals surface area contributed by atoms with Crippen LogP contribution in [0.4, 0.5) is 0 Å². The molecule has 3 rings (SSSR count). The number of hydrogen-bond acceptors (Lipinski definition) is 2. The first-order chi connectivity index (χ1) is 10.2. The summed E-state index contributed by atoms with van der Waals surface area (Å²) in [7, 11) is 0. The van der Waals surface area contributed by atoms with Crippen molar-refractivity contribution in [1.82, 2.24) is 5.32 Å². The number of aliphatic hydroxyl groups excluding tert-OH is 1. The van der Waals surface area contributed by atoms with Gasteiger partial charge in [0.25, 0.3) is 0 Å². The molecule has 2 aliphatic carbocycles. The Hall–Kier alpha value is -1.35. The molecule has 1 aromatic carbocycles. The Balaban J connectivity index is 1.59. The summed E-state index contributed by atoms with van der Waals surface area (Å²) in [5.74, 6) is 0.0386. The highest BCUT2D eigenvalue weighted by molar-refractivity contribution is 5.79. The third kappa shape index (κ3) is 3.65. The summed E-state index contributed by atoms with van der Waals surface area (Å²) in [5.41, 5.74) is 3.97. The molecule has 1 amide bonds. The highest BCUT2D eigenvalue weighted by Crippen LogP contribution is 2.23. The maximum Gasteiger partial charge on any atom is 0.224 e. The largest absolute Gasteiger partial charge is 0.391 e. The first kappa shape index (κ1) is 14.6. The molecule has 114 valence electrons. The van der Waals surface area contributed by atoms with Gasteiger partial charge in [-0.1, -0.05) is 31.0 Å². The molecular formula is C18H25NO2. The molecule has 2 N–H and O–H groups in total. The lowest BCUT2D eigenvalue weighted by Crippen LogP contribution is -2.45. The second-order valence-corrected chi connectivity index (χ2v) is 6.51. The van der Waals surface area contributed by atoms with Gasteiger partial charge in [-0.25, -0.2) is 0 Å². The van der Waals surface area contributed by atoms with Crippen molar-refractivity contribution >= 4 is 5.91 Å². The Morgan fingerprint density at radius 3 is 2.67 bits per heavy atom. The number of fused-ring (bicyclic) bond motifs is 1. The van der Waals surface area contributed by atoms with Crippen molar-refractivity contribution in [1.29, 1.82) is 0 Å². The highest BCUT2D eigenvalue weighted by Gasteiger charge is 2.24. The third-order valence-corrected chi connectivity index (χ3v) is 4.85. The Bertz CT molecular complexity index is 512. The number of nitrogens with one attached hydrogen (secondary N) is 1. The lowest BCUT2D eigenvalue weighted by molar-refractivity contribution is -0.122. The van der Waals surface area contributed by atoms with E-state index in [-0.39, 0.29) is 18.1 Å². The molecule has 2 atom stereocenters. The van der Waals surface area contributed by atoms with Crippen LogP contribution >= 0.6 is 0 Å². The van der Waals surface area contributed by atoms with E-state index in [9.17, 15) is 9.90 Å². The normalized spacial score (nSPS) is 25.2. The van der Waals surface area contributed by atoms with E-state index in [4.69, 9.17) is 0 Å². The SMILES string of the molecule is O=C(Cc1ccc2c(c1)CCCC2)N[C@@H]1CCCC[C@H]1O. The number of rotatable bonds is 3. The van der Waals surface area contributed by atoms with E-state index < -0.39 is 0 Å². The van der Waals surface area contributed by atoms with E-state index in [0.717, 1.165) is 37.7 Å². The lowest BCUT2D eigenvalue weighted by atomic mass is 9.89. The monoisotopic (exact) mass is 287 g/mol. The van der Waals surface area contributed by atoms with E-state index >= 15 is 0 Å². The summed E-state index contributed by atoms with van der Waals surface area (Å²) in [6.45, 7) is 0. The van der Waals surface area contributed by atoms with Crippen LogP contribution in [0.2, 0.25) is 0 Å². The number of carbonyl (C=O) groups is 1. The summed E-state index contributed by atoms with van der Waals surface area (Å²) < 4.78 is 0. The third-order valence-electron chi connectivity index (χ3n) is 4.85. The van der Waals surface area contributed by atoms with Crippen molar-refractivity contribution in [2.75, 3.05) is 0 Å². The van der Waals surface area contributed by atoms with E-state index in [1.807, 2.05) is 0 Å². The molecule has 3 heteroatoms. The topological polar surface area (TPSA) is 49.3 Å². The maximum atomic E-state index is 12.2. The minimum absolute atomic E-state index is 0.0386. The van der Waals surface area contributed by atoms with E-state index in [1.165, 1.54) is 30.4 Å². The highest BCUT2D eigenvalue weighted by atomic mass is 16.3. The van der Waals surface area contributed by atoms with Gasteiger partial charge in [0.05, 0.1) is 18.6 Å². The predicted molar refractivity (Wildman–Crippen MR) is 83.2 cm³/mol. The summed E-state index contributed by atoms with van der Waals surface area (Å²) >= 11 is 0. The van der Waals surface area contributed by atoms with Gasteiger partial charge in [-0.2, -0.15) is 0 Å². The van der Waals surface area contributed by atoms with Gasteiger partial charge in [0.2, 0.25) is 5.91 Å².